The topological polar surface area (TPSA) is 108 Å². The smallest absolute Gasteiger partial charge is 0.285 e. The van der Waals surface area contributed by atoms with Crippen LogP contribution in [-0.2, 0) is 6.42 Å². The Morgan fingerprint density at radius 3 is 2.24 bits per heavy atom. The molecule has 2 aromatic heterocycles. The van der Waals surface area contributed by atoms with Gasteiger partial charge in [0, 0.05) is 70.0 Å². The molecule has 0 radical (unpaired) electrons. The SMILES string of the molecule is N#Cc1ccc2c(c1)c(CCCCN1CCN(c3ccc4oc(C(N)=O)c(-c5ccc(Cl)cc5)c4c3)CC1)cn2C(=O)c1ccc(Cl)cc1. The number of nitrogens with zero attached hydrogens (tertiary/aromatic N) is 4. The number of anilines is 1. The molecule has 49 heavy (non-hydrogen) atoms. The number of aryl methyl sites for hydroxylation is 1. The highest BCUT2D eigenvalue weighted by Gasteiger charge is 2.23. The van der Waals surface area contributed by atoms with Crippen molar-refractivity contribution in [1.82, 2.24) is 9.47 Å². The van der Waals surface area contributed by atoms with Gasteiger partial charge in [-0.1, -0.05) is 35.3 Å². The lowest BCUT2D eigenvalue weighted by molar-refractivity contribution is 0.0961. The van der Waals surface area contributed by atoms with Crippen LogP contribution in [0.15, 0.2) is 95.5 Å². The number of piperazine rings is 1. The molecular weight excluding hydrogens is 657 g/mol. The summed E-state index contributed by atoms with van der Waals surface area (Å²) in [7, 11) is 0. The molecule has 6 aromatic rings. The second kappa shape index (κ2) is 13.8. The molecule has 1 fully saturated rings. The van der Waals surface area contributed by atoms with Crippen molar-refractivity contribution in [3.8, 4) is 17.2 Å². The van der Waals surface area contributed by atoms with Crippen LogP contribution >= 0.6 is 23.2 Å². The maximum Gasteiger partial charge on any atom is 0.285 e. The number of furan rings is 1. The van der Waals surface area contributed by atoms with Crippen LogP contribution in [0.25, 0.3) is 33.0 Å². The Labute approximate surface area is 293 Å². The Kier molecular flexibility index (Phi) is 9.15. The van der Waals surface area contributed by atoms with Crippen molar-refractivity contribution >= 4 is 62.6 Å². The highest BCUT2D eigenvalue weighted by molar-refractivity contribution is 6.31. The fraction of sp³-hybridized carbons (Fsp3) is 0.205. The molecule has 246 valence electrons. The summed E-state index contributed by atoms with van der Waals surface area (Å²) in [6, 6.07) is 27.9. The molecule has 10 heteroatoms. The lowest BCUT2D eigenvalue weighted by Gasteiger charge is -2.36. The summed E-state index contributed by atoms with van der Waals surface area (Å²) >= 11 is 12.2. The third-order valence-electron chi connectivity index (χ3n) is 9.26. The van der Waals surface area contributed by atoms with Crippen LogP contribution in [0, 0.1) is 11.3 Å². The van der Waals surface area contributed by atoms with E-state index in [1.54, 1.807) is 47.0 Å². The quantitative estimate of drug-likeness (QED) is 0.153. The van der Waals surface area contributed by atoms with Gasteiger partial charge < -0.3 is 15.1 Å². The van der Waals surface area contributed by atoms with Crippen LogP contribution in [0.4, 0.5) is 5.69 Å². The average molecular weight is 691 g/mol. The number of halogens is 2. The standard InChI is InChI=1S/C39H33Cl2N5O3/c40-29-9-5-26(6-10-29)36-33-22-31(13-15-35(33)49-37(36)38(43)47)45-19-17-44(18-20-45)16-2-1-3-28-24-46(34-14-4-25(23-42)21-32(28)34)39(48)27-7-11-30(41)12-8-27/h4-15,21-22,24H,1-3,16-20H2,(H2,43,47). The minimum atomic E-state index is -0.611. The number of benzene rings is 4. The number of hydrogen-bond donors (Lipinski definition) is 1. The Bertz CT molecular complexity index is 2220. The Hall–Kier alpha value is -5.07. The molecule has 1 amide bonds. The zero-order valence-electron chi connectivity index (χ0n) is 26.7. The van der Waals surface area contributed by atoms with Gasteiger partial charge in [-0.05, 0) is 110 Å². The molecule has 0 spiro atoms. The van der Waals surface area contributed by atoms with Crippen LogP contribution in [0.1, 0.15) is 44.9 Å². The number of nitrogens with two attached hydrogens (primary N) is 1. The molecule has 8 nitrogen and oxygen atoms in total. The van der Waals surface area contributed by atoms with Gasteiger partial charge in [0.1, 0.15) is 5.58 Å². The largest absolute Gasteiger partial charge is 0.450 e. The molecule has 7 rings (SSSR count). The minimum absolute atomic E-state index is 0.128. The van der Waals surface area contributed by atoms with Gasteiger partial charge in [-0.25, -0.2) is 0 Å². The molecule has 2 N–H and O–H groups in total. The first-order chi connectivity index (χ1) is 23.8. The van der Waals surface area contributed by atoms with Crippen molar-refractivity contribution in [2.24, 2.45) is 5.73 Å². The Morgan fingerprint density at radius 2 is 1.55 bits per heavy atom. The molecule has 4 aromatic carbocycles. The number of nitriles is 1. The summed E-state index contributed by atoms with van der Waals surface area (Å²) in [5.74, 6) is -0.597. The first-order valence-corrected chi connectivity index (χ1v) is 17.0. The van der Waals surface area contributed by atoms with E-state index < -0.39 is 5.91 Å². The van der Waals surface area contributed by atoms with E-state index in [-0.39, 0.29) is 11.7 Å². The molecule has 0 bridgehead atoms. The number of aromatic nitrogens is 1. The van der Waals surface area contributed by atoms with Gasteiger partial charge >= 0.3 is 0 Å². The first-order valence-electron chi connectivity index (χ1n) is 16.2. The third kappa shape index (κ3) is 6.66. The normalized spacial score (nSPS) is 13.6. The van der Waals surface area contributed by atoms with Crippen LogP contribution < -0.4 is 10.6 Å². The Morgan fingerprint density at radius 1 is 0.837 bits per heavy atom. The molecular formula is C39H33Cl2N5O3. The predicted octanol–water partition coefficient (Wildman–Crippen LogP) is 8.17. The second-order valence-corrected chi connectivity index (χ2v) is 13.2. The van der Waals surface area contributed by atoms with Crippen molar-refractivity contribution in [3.63, 3.8) is 0 Å². The van der Waals surface area contributed by atoms with E-state index >= 15 is 0 Å². The molecule has 0 aliphatic carbocycles. The van der Waals surface area contributed by atoms with Gasteiger partial charge in [0.25, 0.3) is 11.8 Å². The Balaban J connectivity index is 0.993. The molecule has 0 atom stereocenters. The highest BCUT2D eigenvalue weighted by atomic mass is 35.5. The maximum absolute atomic E-state index is 13.4. The zero-order valence-corrected chi connectivity index (χ0v) is 28.2. The number of primary amides is 1. The summed E-state index contributed by atoms with van der Waals surface area (Å²) in [5.41, 5.74) is 11.9. The van der Waals surface area contributed by atoms with Crippen LogP contribution in [0.2, 0.25) is 10.0 Å². The summed E-state index contributed by atoms with van der Waals surface area (Å²) < 4.78 is 7.58. The van der Waals surface area contributed by atoms with Gasteiger partial charge in [0.05, 0.1) is 17.1 Å². The summed E-state index contributed by atoms with van der Waals surface area (Å²) in [4.78, 5) is 30.5. The number of unbranched alkanes of at least 4 members (excludes halogenated alkanes) is 1. The average Bonchev–Trinajstić information content (AvgIpc) is 3.69. The van der Waals surface area contributed by atoms with Crippen LogP contribution in [0.3, 0.4) is 0 Å². The number of carbonyl (C=O) groups excluding carboxylic acids is 2. The third-order valence-corrected chi connectivity index (χ3v) is 9.77. The zero-order chi connectivity index (χ0) is 34.1. The monoisotopic (exact) mass is 689 g/mol. The minimum Gasteiger partial charge on any atom is -0.450 e. The van der Waals surface area contributed by atoms with E-state index in [1.807, 2.05) is 42.6 Å². The number of carbonyl (C=O) groups is 2. The summed E-state index contributed by atoms with van der Waals surface area (Å²) in [6.07, 6.45) is 4.69. The lowest BCUT2D eigenvalue weighted by atomic mass is 10.0. The molecule has 1 saturated heterocycles. The molecule has 0 unspecified atom stereocenters. The van der Waals surface area contributed by atoms with Crippen LogP contribution in [0.5, 0.6) is 0 Å². The van der Waals surface area contributed by atoms with Gasteiger partial charge in [0.2, 0.25) is 0 Å². The summed E-state index contributed by atoms with van der Waals surface area (Å²) in [6.45, 7) is 4.59. The van der Waals surface area contributed by atoms with E-state index in [9.17, 15) is 14.9 Å². The molecule has 1 aliphatic heterocycles. The number of rotatable bonds is 9. The van der Waals surface area contributed by atoms with E-state index in [2.05, 4.69) is 21.9 Å². The van der Waals surface area contributed by atoms with Crippen molar-refractivity contribution in [3.05, 3.63) is 124 Å². The lowest BCUT2D eigenvalue weighted by Crippen LogP contribution is -2.46. The van der Waals surface area contributed by atoms with Crippen molar-refractivity contribution in [2.45, 2.75) is 19.3 Å². The van der Waals surface area contributed by atoms with Crippen molar-refractivity contribution in [2.75, 3.05) is 37.6 Å². The fourth-order valence-electron chi connectivity index (χ4n) is 6.71. The number of fused-ring (bicyclic) bond motifs is 2. The highest BCUT2D eigenvalue weighted by Crippen LogP contribution is 2.37. The van der Waals surface area contributed by atoms with Crippen LogP contribution in [-0.4, -0.2) is 54.0 Å². The number of amides is 1. The first kappa shape index (κ1) is 32.5. The summed E-state index contributed by atoms with van der Waals surface area (Å²) in [5, 5.41) is 12.5. The van der Waals surface area contributed by atoms with E-state index in [0.29, 0.717) is 32.3 Å². The van der Waals surface area contributed by atoms with Crippen molar-refractivity contribution in [1.29, 1.82) is 5.26 Å². The van der Waals surface area contributed by atoms with Gasteiger partial charge in [-0.3, -0.25) is 19.1 Å². The number of hydrogen-bond acceptors (Lipinski definition) is 6. The second-order valence-electron chi connectivity index (χ2n) is 12.3. The predicted molar refractivity (Wildman–Crippen MR) is 195 cm³/mol. The van der Waals surface area contributed by atoms with Crippen molar-refractivity contribution < 1.29 is 14.0 Å². The van der Waals surface area contributed by atoms with Gasteiger partial charge in [-0.15, -0.1) is 0 Å². The molecule has 1 aliphatic rings. The van der Waals surface area contributed by atoms with Gasteiger partial charge in [0.15, 0.2) is 5.76 Å². The molecule has 3 heterocycles. The fourth-order valence-corrected chi connectivity index (χ4v) is 6.96. The van der Waals surface area contributed by atoms with Gasteiger partial charge in [-0.2, -0.15) is 5.26 Å². The maximum atomic E-state index is 13.4. The van der Waals surface area contributed by atoms with E-state index in [0.717, 1.165) is 85.1 Å². The molecule has 0 saturated carbocycles. The van der Waals surface area contributed by atoms with E-state index in [4.69, 9.17) is 33.4 Å². The van der Waals surface area contributed by atoms with E-state index in [1.165, 1.54) is 0 Å².